The lowest BCUT2D eigenvalue weighted by molar-refractivity contribution is 0.0918. The highest BCUT2D eigenvalue weighted by atomic mass is 32.1. The molecule has 7 heteroatoms. The number of hydrogen-bond donors (Lipinski definition) is 2. The third-order valence-corrected chi connectivity index (χ3v) is 5.01. The summed E-state index contributed by atoms with van der Waals surface area (Å²) in [5, 5.41) is 6.81. The summed E-state index contributed by atoms with van der Waals surface area (Å²) in [6.45, 7) is 4.04. The van der Waals surface area contributed by atoms with Crippen molar-refractivity contribution in [3.8, 4) is 5.75 Å². The van der Waals surface area contributed by atoms with Gasteiger partial charge in [-0.15, -0.1) is 0 Å². The third kappa shape index (κ3) is 5.19. The molecule has 2 aromatic rings. The quantitative estimate of drug-likeness (QED) is 0.746. The topological polar surface area (TPSA) is 53.6 Å². The Labute approximate surface area is 169 Å². The van der Waals surface area contributed by atoms with Gasteiger partial charge in [0.2, 0.25) is 0 Å². The van der Waals surface area contributed by atoms with E-state index >= 15 is 0 Å². The first kappa shape index (κ1) is 20.1. The standard InChI is InChI=1S/C21H24FN3O2S/c1-2-27-17-9-7-15(8-10-17)24-21(28)25-13-11-16(12-14-25)23-20(26)18-5-3-4-6-19(18)22/h3-10,16H,2,11-14H2,1H3,(H,23,26)(H,24,28). The number of amides is 1. The molecule has 1 amide bonds. The number of piperidine rings is 1. The summed E-state index contributed by atoms with van der Waals surface area (Å²) in [4.78, 5) is 14.3. The summed E-state index contributed by atoms with van der Waals surface area (Å²) in [6, 6.07) is 13.7. The molecule has 2 aromatic carbocycles. The number of rotatable bonds is 5. The first-order chi connectivity index (χ1) is 13.6. The Bertz CT molecular complexity index is 821. The zero-order valence-corrected chi connectivity index (χ0v) is 16.6. The molecule has 1 fully saturated rings. The second-order valence-corrected chi connectivity index (χ2v) is 6.99. The fourth-order valence-corrected chi connectivity index (χ4v) is 3.44. The number of nitrogens with one attached hydrogen (secondary N) is 2. The smallest absolute Gasteiger partial charge is 0.254 e. The maximum atomic E-state index is 13.7. The van der Waals surface area contributed by atoms with Gasteiger partial charge < -0.3 is 20.3 Å². The normalized spacial score (nSPS) is 14.4. The summed E-state index contributed by atoms with van der Waals surface area (Å²) in [7, 11) is 0. The van der Waals surface area contributed by atoms with Gasteiger partial charge >= 0.3 is 0 Å². The van der Waals surface area contributed by atoms with Crippen molar-refractivity contribution in [2.75, 3.05) is 25.0 Å². The molecule has 0 bridgehead atoms. The van der Waals surface area contributed by atoms with E-state index in [1.54, 1.807) is 12.1 Å². The summed E-state index contributed by atoms with van der Waals surface area (Å²) >= 11 is 5.51. The molecule has 0 atom stereocenters. The number of carbonyl (C=O) groups excluding carboxylic acids is 1. The number of anilines is 1. The van der Waals surface area contributed by atoms with E-state index in [-0.39, 0.29) is 17.5 Å². The largest absolute Gasteiger partial charge is 0.494 e. The first-order valence-corrected chi connectivity index (χ1v) is 9.82. The fraction of sp³-hybridized carbons (Fsp3) is 0.333. The molecule has 1 aliphatic heterocycles. The number of carbonyl (C=O) groups is 1. The van der Waals surface area contributed by atoms with E-state index < -0.39 is 5.82 Å². The number of nitrogens with zero attached hydrogens (tertiary/aromatic N) is 1. The maximum absolute atomic E-state index is 13.7. The number of likely N-dealkylation sites (tertiary alicyclic amines) is 1. The van der Waals surface area contributed by atoms with Gasteiger partial charge in [-0.25, -0.2) is 4.39 Å². The van der Waals surface area contributed by atoms with Crippen LogP contribution in [0.4, 0.5) is 10.1 Å². The van der Waals surface area contributed by atoms with E-state index in [0.717, 1.165) is 37.4 Å². The van der Waals surface area contributed by atoms with Crippen LogP contribution in [0.1, 0.15) is 30.1 Å². The van der Waals surface area contributed by atoms with Crippen molar-refractivity contribution in [1.82, 2.24) is 10.2 Å². The van der Waals surface area contributed by atoms with Gasteiger partial charge in [0.1, 0.15) is 11.6 Å². The maximum Gasteiger partial charge on any atom is 0.254 e. The van der Waals surface area contributed by atoms with E-state index in [2.05, 4.69) is 15.5 Å². The number of thiocarbonyl (C=S) groups is 1. The van der Waals surface area contributed by atoms with Crippen molar-refractivity contribution >= 4 is 28.9 Å². The van der Waals surface area contributed by atoms with Crippen LogP contribution in [0.2, 0.25) is 0 Å². The average Bonchev–Trinajstić information content (AvgIpc) is 2.70. The molecule has 0 spiro atoms. The molecular weight excluding hydrogens is 377 g/mol. The summed E-state index contributed by atoms with van der Waals surface area (Å²) in [6.07, 6.45) is 1.51. The molecular formula is C21H24FN3O2S. The van der Waals surface area contributed by atoms with Crippen LogP contribution in [-0.2, 0) is 0 Å². The lowest BCUT2D eigenvalue weighted by atomic mass is 10.0. The Morgan fingerprint density at radius 1 is 1.18 bits per heavy atom. The number of hydrogen-bond acceptors (Lipinski definition) is 3. The minimum absolute atomic E-state index is 0.0108. The van der Waals surface area contributed by atoms with Crippen LogP contribution in [0.5, 0.6) is 5.75 Å². The third-order valence-electron chi connectivity index (χ3n) is 4.65. The highest BCUT2D eigenvalue weighted by molar-refractivity contribution is 7.80. The molecule has 2 N–H and O–H groups in total. The van der Waals surface area contributed by atoms with Crippen molar-refractivity contribution in [1.29, 1.82) is 0 Å². The number of ether oxygens (including phenoxy) is 1. The molecule has 1 saturated heterocycles. The van der Waals surface area contributed by atoms with Gasteiger partial charge in [0.25, 0.3) is 5.91 Å². The van der Waals surface area contributed by atoms with Crippen LogP contribution in [0, 0.1) is 5.82 Å². The van der Waals surface area contributed by atoms with Crippen molar-refractivity contribution < 1.29 is 13.9 Å². The Morgan fingerprint density at radius 2 is 1.86 bits per heavy atom. The molecule has 0 aromatic heterocycles. The number of halogens is 1. The predicted octanol–water partition coefficient (Wildman–Crippen LogP) is 3.82. The molecule has 1 heterocycles. The van der Waals surface area contributed by atoms with E-state index in [4.69, 9.17) is 17.0 Å². The SMILES string of the molecule is CCOc1ccc(NC(=S)N2CCC(NC(=O)c3ccccc3F)CC2)cc1. The van der Waals surface area contributed by atoms with Gasteiger partial charge in [-0.3, -0.25) is 4.79 Å². The lowest BCUT2D eigenvalue weighted by Gasteiger charge is -2.34. The van der Waals surface area contributed by atoms with E-state index in [0.29, 0.717) is 11.7 Å². The summed E-state index contributed by atoms with van der Waals surface area (Å²) in [5.74, 6) is -0.0461. The van der Waals surface area contributed by atoms with E-state index in [1.807, 2.05) is 31.2 Å². The van der Waals surface area contributed by atoms with Gasteiger partial charge in [0, 0.05) is 24.8 Å². The molecule has 5 nitrogen and oxygen atoms in total. The lowest BCUT2D eigenvalue weighted by Crippen LogP contribution is -2.47. The van der Waals surface area contributed by atoms with Crippen molar-refractivity contribution in [2.45, 2.75) is 25.8 Å². The van der Waals surface area contributed by atoms with Crippen LogP contribution < -0.4 is 15.4 Å². The van der Waals surface area contributed by atoms with Crippen LogP contribution >= 0.6 is 12.2 Å². The zero-order chi connectivity index (χ0) is 19.9. The first-order valence-electron chi connectivity index (χ1n) is 9.41. The van der Waals surface area contributed by atoms with Crippen LogP contribution in [-0.4, -0.2) is 41.7 Å². The molecule has 1 aliphatic rings. The average molecular weight is 402 g/mol. The second kappa shape index (κ2) is 9.50. The molecule has 28 heavy (non-hydrogen) atoms. The Kier molecular flexibility index (Phi) is 6.81. The predicted molar refractivity (Wildman–Crippen MR) is 112 cm³/mol. The molecule has 0 aliphatic carbocycles. The molecule has 3 rings (SSSR count). The van der Waals surface area contributed by atoms with Gasteiger partial charge in [-0.1, -0.05) is 12.1 Å². The zero-order valence-electron chi connectivity index (χ0n) is 15.8. The van der Waals surface area contributed by atoms with Gasteiger partial charge in [0.15, 0.2) is 5.11 Å². The highest BCUT2D eigenvalue weighted by Crippen LogP contribution is 2.18. The van der Waals surface area contributed by atoms with E-state index in [9.17, 15) is 9.18 Å². The van der Waals surface area contributed by atoms with Gasteiger partial charge in [-0.2, -0.15) is 0 Å². The van der Waals surface area contributed by atoms with Gasteiger partial charge in [-0.05, 0) is 68.4 Å². The Morgan fingerprint density at radius 3 is 2.50 bits per heavy atom. The van der Waals surface area contributed by atoms with Crippen LogP contribution in [0.15, 0.2) is 48.5 Å². The molecule has 148 valence electrons. The Balaban J connectivity index is 1.47. The minimum atomic E-state index is -0.502. The van der Waals surface area contributed by atoms with Crippen molar-refractivity contribution in [3.05, 3.63) is 59.9 Å². The van der Waals surface area contributed by atoms with Crippen molar-refractivity contribution in [2.24, 2.45) is 0 Å². The summed E-state index contributed by atoms with van der Waals surface area (Å²) < 4.78 is 19.2. The highest BCUT2D eigenvalue weighted by Gasteiger charge is 2.23. The van der Waals surface area contributed by atoms with E-state index in [1.165, 1.54) is 12.1 Å². The fourth-order valence-electron chi connectivity index (χ4n) is 3.14. The summed E-state index contributed by atoms with van der Waals surface area (Å²) in [5.41, 5.74) is 0.987. The van der Waals surface area contributed by atoms with Crippen molar-refractivity contribution in [3.63, 3.8) is 0 Å². The second-order valence-electron chi connectivity index (χ2n) is 6.60. The van der Waals surface area contributed by atoms with Crippen LogP contribution in [0.25, 0.3) is 0 Å². The molecule has 0 saturated carbocycles. The van der Waals surface area contributed by atoms with Crippen LogP contribution in [0.3, 0.4) is 0 Å². The molecule has 0 radical (unpaired) electrons. The van der Waals surface area contributed by atoms with Gasteiger partial charge in [0.05, 0.1) is 12.2 Å². The minimum Gasteiger partial charge on any atom is -0.494 e. The Hall–Kier alpha value is -2.67. The monoisotopic (exact) mass is 401 g/mol. The molecule has 0 unspecified atom stereocenters. The number of benzene rings is 2.